The van der Waals surface area contributed by atoms with Crippen LogP contribution in [-0.2, 0) is 4.74 Å². The highest BCUT2D eigenvalue weighted by Gasteiger charge is 2.38. The van der Waals surface area contributed by atoms with Crippen LogP contribution in [0.2, 0.25) is 0 Å². The van der Waals surface area contributed by atoms with Gasteiger partial charge in [0.05, 0.1) is 20.3 Å². The fraction of sp³-hybridized carbons (Fsp3) is 0.400. The van der Waals surface area contributed by atoms with Crippen LogP contribution in [0, 0.1) is 0 Å². The zero-order chi connectivity index (χ0) is 14.2. The molecule has 1 aromatic carbocycles. The second kappa shape index (κ2) is 5.22. The number of fused-ring (bicyclic) bond motifs is 1. The lowest BCUT2D eigenvalue weighted by Gasteiger charge is -2.39. The Kier molecular flexibility index (Phi) is 3.56. The van der Waals surface area contributed by atoms with Gasteiger partial charge in [0.15, 0.2) is 11.5 Å². The summed E-state index contributed by atoms with van der Waals surface area (Å²) in [5, 5.41) is 0. The first-order valence-corrected chi connectivity index (χ1v) is 7.29. The van der Waals surface area contributed by atoms with Crippen LogP contribution in [0.25, 0.3) is 4.48 Å². The van der Waals surface area contributed by atoms with Crippen molar-refractivity contribution < 1.29 is 19.0 Å². The van der Waals surface area contributed by atoms with Gasteiger partial charge in [-0.15, -0.1) is 0 Å². The summed E-state index contributed by atoms with van der Waals surface area (Å²) in [6.07, 6.45) is 4.49. The monoisotopic (exact) mass is 338 g/mol. The molecule has 0 amide bonds. The summed E-state index contributed by atoms with van der Waals surface area (Å²) >= 11 is 3.59. The van der Waals surface area contributed by atoms with Crippen LogP contribution in [0.4, 0.5) is 0 Å². The number of aldehydes is 1. The molecule has 2 aliphatic rings. The second-order valence-electron chi connectivity index (χ2n) is 4.99. The summed E-state index contributed by atoms with van der Waals surface area (Å²) in [7, 11) is 1.58. The molecule has 3 rings (SSSR count). The highest BCUT2D eigenvalue weighted by atomic mass is 79.9. The van der Waals surface area contributed by atoms with E-state index in [0.717, 1.165) is 29.2 Å². The van der Waals surface area contributed by atoms with Crippen LogP contribution in [0.1, 0.15) is 28.8 Å². The number of carbonyl (C=O) groups is 1. The van der Waals surface area contributed by atoms with Crippen molar-refractivity contribution in [2.45, 2.75) is 18.4 Å². The van der Waals surface area contributed by atoms with Gasteiger partial charge in [-0.05, 0) is 18.2 Å². The van der Waals surface area contributed by atoms with Gasteiger partial charge in [0.2, 0.25) is 0 Å². The number of ether oxygens (including phenoxy) is 3. The standard InChI is InChI=1S/C15H15BrO4/c1-18-13-7-10(9-17)6-11-12(16)8-15(20-14(11)13)2-4-19-5-3-15/h6-9H,2-5H2,1H3. The molecule has 106 valence electrons. The normalized spacial score (nSPS) is 19.8. The summed E-state index contributed by atoms with van der Waals surface area (Å²) in [6, 6.07) is 3.50. The number of rotatable bonds is 2. The Morgan fingerprint density at radius 3 is 2.75 bits per heavy atom. The molecule has 4 nitrogen and oxygen atoms in total. The minimum atomic E-state index is -0.347. The fourth-order valence-electron chi connectivity index (χ4n) is 2.63. The van der Waals surface area contributed by atoms with Crippen molar-refractivity contribution in [3.05, 3.63) is 29.3 Å². The minimum absolute atomic E-state index is 0.347. The molecule has 1 aromatic rings. The highest BCUT2D eigenvalue weighted by molar-refractivity contribution is 9.15. The Labute approximate surface area is 125 Å². The van der Waals surface area contributed by atoms with E-state index in [1.807, 2.05) is 0 Å². The number of hydrogen-bond acceptors (Lipinski definition) is 4. The lowest BCUT2D eigenvalue weighted by atomic mass is 9.90. The predicted octanol–water partition coefficient (Wildman–Crippen LogP) is 3.19. The average molecular weight is 339 g/mol. The SMILES string of the molecule is COc1cc(C=O)cc2c1OC1(C=C2Br)CCOCC1. The van der Waals surface area contributed by atoms with Crippen molar-refractivity contribution in [1.29, 1.82) is 0 Å². The fourth-order valence-corrected chi connectivity index (χ4v) is 3.34. The third-order valence-corrected chi connectivity index (χ3v) is 4.38. The van der Waals surface area contributed by atoms with Gasteiger partial charge < -0.3 is 14.2 Å². The predicted molar refractivity (Wildman–Crippen MR) is 78.7 cm³/mol. The maximum Gasteiger partial charge on any atom is 0.170 e. The van der Waals surface area contributed by atoms with Gasteiger partial charge in [-0.1, -0.05) is 15.9 Å². The van der Waals surface area contributed by atoms with Crippen LogP contribution in [-0.4, -0.2) is 32.2 Å². The minimum Gasteiger partial charge on any atom is -0.493 e. The Bertz CT molecular complexity index is 573. The van der Waals surface area contributed by atoms with Crippen molar-refractivity contribution in [3.8, 4) is 11.5 Å². The molecule has 20 heavy (non-hydrogen) atoms. The van der Waals surface area contributed by atoms with E-state index in [-0.39, 0.29) is 5.60 Å². The molecule has 0 unspecified atom stereocenters. The van der Waals surface area contributed by atoms with Gasteiger partial charge >= 0.3 is 0 Å². The first-order valence-electron chi connectivity index (χ1n) is 6.50. The first-order chi connectivity index (χ1) is 9.67. The van der Waals surface area contributed by atoms with Crippen molar-refractivity contribution in [1.82, 2.24) is 0 Å². The van der Waals surface area contributed by atoms with Crippen LogP contribution in [0.15, 0.2) is 18.2 Å². The van der Waals surface area contributed by atoms with E-state index < -0.39 is 0 Å². The summed E-state index contributed by atoms with van der Waals surface area (Å²) in [5.41, 5.74) is 1.07. The zero-order valence-corrected chi connectivity index (χ0v) is 12.7. The molecular weight excluding hydrogens is 324 g/mol. The second-order valence-corrected chi connectivity index (χ2v) is 5.84. The van der Waals surface area contributed by atoms with Crippen LogP contribution < -0.4 is 9.47 Å². The average Bonchev–Trinajstić information content (AvgIpc) is 2.47. The summed E-state index contributed by atoms with van der Waals surface area (Å²) in [4.78, 5) is 11.0. The Morgan fingerprint density at radius 1 is 1.35 bits per heavy atom. The maximum absolute atomic E-state index is 11.0. The lowest BCUT2D eigenvalue weighted by molar-refractivity contribution is -0.0190. The quantitative estimate of drug-likeness (QED) is 0.777. The molecule has 0 N–H and O–H groups in total. The van der Waals surface area contributed by atoms with Gasteiger partial charge in [0.25, 0.3) is 0 Å². The molecule has 2 heterocycles. The topological polar surface area (TPSA) is 44.8 Å². The number of methoxy groups -OCH3 is 1. The van der Waals surface area contributed by atoms with E-state index in [0.29, 0.717) is 30.3 Å². The summed E-state index contributed by atoms with van der Waals surface area (Å²) < 4.78 is 17.9. The van der Waals surface area contributed by atoms with Crippen molar-refractivity contribution in [2.75, 3.05) is 20.3 Å². The van der Waals surface area contributed by atoms with E-state index in [1.165, 1.54) is 0 Å². The van der Waals surface area contributed by atoms with E-state index in [9.17, 15) is 4.79 Å². The molecule has 0 atom stereocenters. The summed E-state index contributed by atoms with van der Waals surface area (Å²) in [5.74, 6) is 1.27. The van der Waals surface area contributed by atoms with Gasteiger partial charge in [-0.2, -0.15) is 0 Å². The Morgan fingerprint density at radius 2 is 2.10 bits per heavy atom. The molecule has 1 saturated heterocycles. The Balaban J connectivity index is 2.10. The van der Waals surface area contributed by atoms with Crippen LogP contribution >= 0.6 is 15.9 Å². The molecule has 2 aliphatic heterocycles. The van der Waals surface area contributed by atoms with E-state index in [2.05, 4.69) is 22.0 Å². The van der Waals surface area contributed by atoms with E-state index in [1.54, 1.807) is 19.2 Å². The van der Waals surface area contributed by atoms with E-state index >= 15 is 0 Å². The molecule has 5 heteroatoms. The van der Waals surface area contributed by atoms with Crippen molar-refractivity contribution in [3.63, 3.8) is 0 Å². The number of benzene rings is 1. The van der Waals surface area contributed by atoms with Crippen molar-refractivity contribution >= 4 is 26.7 Å². The molecule has 0 aromatic heterocycles. The molecule has 0 aliphatic carbocycles. The molecule has 1 fully saturated rings. The third kappa shape index (κ3) is 2.25. The van der Waals surface area contributed by atoms with Gasteiger partial charge in [0.1, 0.15) is 11.9 Å². The highest BCUT2D eigenvalue weighted by Crippen LogP contribution is 2.47. The van der Waals surface area contributed by atoms with E-state index in [4.69, 9.17) is 14.2 Å². The molecule has 0 radical (unpaired) electrons. The lowest BCUT2D eigenvalue weighted by Crippen LogP contribution is -2.41. The van der Waals surface area contributed by atoms with Crippen molar-refractivity contribution in [2.24, 2.45) is 0 Å². The van der Waals surface area contributed by atoms with Crippen LogP contribution in [0.5, 0.6) is 11.5 Å². The number of halogens is 1. The van der Waals surface area contributed by atoms with Gasteiger partial charge in [-0.3, -0.25) is 4.79 Å². The van der Waals surface area contributed by atoms with Gasteiger partial charge in [-0.25, -0.2) is 0 Å². The summed E-state index contributed by atoms with van der Waals surface area (Å²) in [6.45, 7) is 1.36. The maximum atomic E-state index is 11.0. The smallest absolute Gasteiger partial charge is 0.170 e. The Hall–Kier alpha value is -1.33. The third-order valence-electron chi connectivity index (χ3n) is 3.72. The molecule has 1 spiro atoms. The molecule has 0 saturated carbocycles. The van der Waals surface area contributed by atoms with Crippen LogP contribution in [0.3, 0.4) is 0 Å². The number of carbonyl (C=O) groups excluding carboxylic acids is 1. The molecule has 0 bridgehead atoms. The zero-order valence-electron chi connectivity index (χ0n) is 11.1. The van der Waals surface area contributed by atoms with Gasteiger partial charge in [0, 0.05) is 28.5 Å². The molecular formula is C15H15BrO4. The number of hydrogen-bond donors (Lipinski definition) is 0. The largest absolute Gasteiger partial charge is 0.493 e. The first kappa shape index (κ1) is 13.6.